The topological polar surface area (TPSA) is 55.2 Å². The lowest BCUT2D eigenvalue weighted by molar-refractivity contribution is -0.129. The number of aromatic nitrogens is 2. The predicted molar refractivity (Wildman–Crippen MR) is 112 cm³/mol. The number of thioether (sulfide) groups is 1. The standard InChI is InChI=1S/C20H27N3O2S2/c1-3-23-19(25)17-14-8-7-13(2)11-15(14)27-18(17)21-20(23)26-12-16(24)22-9-5-4-6-10-22/h13H,3-12H2,1-2H3/t13-/m1/s1. The van der Waals surface area contributed by atoms with Crippen molar-refractivity contribution in [3.63, 3.8) is 0 Å². The molecule has 146 valence electrons. The molecule has 1 aliphatic carbocycles. The Balaban J connectivity index is 1.62. The number of amides is 1. The van der Waals surface area contributed by atoms with Crippen LogP contribution in [0.15, 0.2) is 9.95 Å². The average Bonchev–Trinajstić information content (AvgIpc) is 3.04. The van der Waals surface area contributed by atoms with Gasteiger partial charge in [-0.25, -0.2) is 4.98 Å². The Morgan fingerprint density at radius 3 is 2.81 bits per heavy atom. The van der Waals surface area contributed by atoms with Crippen LogP contribution < -0.4 is 5.56 Å². The lowest BCUT2D eigenvalue weighted by Crippen LogP contribution is -2.37. The molecule has 27 heavy (non-hydrogen) atoms. The number of hydrogen-bond acceptors (Lipinski definition) is 5. The first-order chi connectivity index (χ1) is 13.1. The quantitative estimate of drug-likeness (QED) is 0.575. The Labute approximate surface area is 168 Å². The molecule has 2 aromatic heterocycles. The number of fused-ring (bicyclic) bond motifs is 3. The third-order valence-corrected chi connectivity index (χ3v) is 7.84. The van der Waals surface area contributed by atoms with E-state index >= 15 is 0 Å². The van der Waals surface area contributed by atoms with Crippen molar-refractivity contribution in [1.82, 2.24) is 14.5 Å². The number of aryl methyl sites for hydroxylation is 1. The lowest BCUT2D eigenvalue weighted by atomic mass is 9.89. The van der Waals surface area contributed by atoms with Crippen LogP contribution in [-0.2, 0) is 24.2 Å². The normalized spacial score (nSPS) is 20.1. The molecular weight excluding hydrogens is 378 g/mol. The molecule has 4 rings (SSSR count). The van der Waals surface area contributed by atoms with E-state index in [4.69, 9.17) is 4.98 Å². The molecule has 1 aliphatic heterocycles. The fourth-order valence-electron chi connectivity index (χ4n) is 4.15. The molecule has 2 aliphatic rings. The summed E-state index contributed by atoms with van der Waals surface area (Å²) in [5.41, 5.74) is 1.30. The molecule has 1 atom stereocenters. The summed E-state index contributed by atoms with van der Waals surface area (Å²) in [6, 6.07) is 0. The molecule has 5 nitrogen and oxygen atoms in total. The second-order valence-corrected chi connectivity index (χ2v) is 9.73. The first-order valence-corrected chi connectivity index (χ1v) is 11.8. The van der Waals surface area contributed by atoms with Gasteiger partial charge in [-0.3, -0.25) is 14.2 Å². The van der Waals surface area contributed by atoms with Crippen LogP contribution in [-0.4, -0.2) is 39.2 Å². The molecule has 0 bridgehead atoms. The molecule has 1 saturated heterocycles. The third-order valence-electron chi connectivity index (χ3n) is 5.73. The van der Waals surface area contributed by atoms with E-state index in [1.807, 2.05) is 11.8 Å². The number of thiophene rings is 1. The van der Waals surface area contributed by atoms with Crippen molar-refractivity contribution >= 4 is 39.2 Å². The summed E-state index contributed by atoms with van der Waals surface area (Å²) in [4.78, 5) is 34.6. The van der Waals surface area contributed by atoms with Crippen molar-refractivity contribution in [2.24, 2.45) is 5.92 Å². The molecular formula is C20H27N3O2S2. The van der Waals surface area contributed by atoms with E-state index in [-0.39, 0.29) is 11.5 Å². The van der Waals surface area contributed by atoms with Crippen molar-refractivity contribution in [2.45, 2.75) is 64.1 Å². The number of nitrogens with zero attached hydrogens (tertiary/aromatic N) is 3. The zero-order valence-corrected chi connectivity index (χ0v) is 17.8. The molecule has 2 aromatic rings. The minimum Gasteiger partial charge on any atom is -0.342 e. The molecule has 1 amide bonds. The van der Waals surface area contributed by atoms with Gasteiger partial charge in [-0.2, -0.15) is 0 Å². The van der Waals surface area contributed by atoms with Gasteiger partial charge < -0.3 is 4.90 Å². The number of rotatable bonds is 4. The molecule has 0 aromatic carbocycles. The van der Waals surface area contributed by atoms with E-state index in [1.54, 1.807) is 15.9 Å². The number of carbonyl (C=O) groups is 1. The summed E-state index contributed by atoms with van der Waals surface area (Å²) in [5, 5.41) is 1.52. The monoisotopic (exact) mass is 405 g/mol. The summed E-state index contributed by atoms with van der Waals surface area (Å²) >= 11 is 3.10. The van der Waals surface area contributed by atoms with Crippen molar-refractivity contribution in [2.75, 3.05) is 18.8 Å². The average molecular weight is 406 g/mol. The molecule has 3 heterocycles. The fourth-order valence-corrected chi connectivity index (χ4v) is 6.54. The minimum absolute atomic E-state index is 0.0717. The molecule has 0 spiro atoms. The van der Waals surface area contributed by atoms with Crippen molar-refractivity contribution in [1.29, 1.82) is 0 Å². The Bertz CT molecular complexity index is 912. The van der Waals surface area contributed by atoms with Crippen LogP contribution in [0.2, 0.25) is 0 Å². The highest BCUT2D eigenvalue weighted by molar-refractivity contribution is 7.99. The maximum Gasteiger partial charge on any atom is 0.263 e. The van der Waals surface area contributed by atoms with Gasteiger partial charge >= 0.3 is 0 Å². The first-order valence-electron chi connectivity index (χ1n) is 10.0. The maximum absolute atomic E-state index is 13.2. The minimum atomic E-state index is 0.0717. The zero-order valence-electron chi connectivity index (χ0n) is 16.1. The number of carbonyl (C=O) groups excluding carboxylic acids is 1. The van der Waals surface area contributed by atoms with Gasteiger partial charge in [0, 0.05) is 24.5 Å². The fraction of sp³-hybridized carbons (Fsp3) is 0.650. The van der Waals surface area contributed by atoms with E-state index in [0.29, 0.717) is 23.4 Å². The van der Waals surface area contributed by atoms with Crippen LogP contribution in [0.5, 0.6) is 0 Å². The summed E-state index contributed by atoms with van der Waals surface area (Å²) in [6.45, 7) is 6.57. The van der Waals surface area contributed by atoms with E-state index in [0.717, 1.165) is 55.4 Å². The maximum atomic E-state index is 13.2. The van der Waals surface area contributed by atoms with Crippen LogP contribution in [0.4, 0.5) is 0 Å². The molecule has 0 radical (unpaired) electrons. The second-order valence-electron chi connectivity index (χ2n) is 7.71. The number of hydrogen-bond donors (Lipinski definition) is 0. The Morgan fingerprint density at radius 1 is 1.30 bits per heavy atom. The zero-order chi connectivity index (χ0) is 19.0. The van der Waals surface area contributed by atoms with Crippen LogP contribution in [0, 0.1) is 5.92 Å². The van der Waals surface area contributed by atoms with Gasteiger partial charge in [0.05, 0.1) is 11.1 Å². The van der Waals surface area contributed by atoms with Crippen molar-refractivity contribution < 1.29 is 4.79 Å². The van der Waals surface area contributed by atoms with Gasteiger partial charge in [-0.1, -0.05) is 18.7 Å². The van der Waals surface area contributed by atoms with Crippen LogP contribution in [0.25, 0.3) is 10.2 Å². The van der Waals surface area contributed by atoms with E-state index in [2.05, 4.69) is 6.92 Å². The first kappa shape index (κ1) is 19.0. The van der Waals surface area contributed by atoms with E-state index in [9.17, 15) is 9.59 Å². The SMILES string of the molecule is CCn1c(SCC(=O)N2CCCCC2)nc2sc3c(c2c1=O)CC[C@@H](C)C3. The van der Waals surface area contributed by atoms with Gasteiger partial charge in [-0.05, 0) is 56.9 Å². The Hall–Kier alpha value is -1.34. The van der Waals surface area contributed by atoms with E-state index < -0.39 is 0 Å². The molecule has 0 unspecified atom stereocenters. The van der Waals surface area contributed by atoms with Crippen LogP contribution in [0.3, 0.4) is 0 Å². The Kier molecular flexibility index (Phi) is 5.60. The summed E-state index contributed by atoms with van der Waals surface area (Å²) in [7, 11) is 0. The summed E-state index contributed by atoms with van der Waals surface area (Å²) < 4.78 is 1.75. The van der Waals surface area contributed by atoms with Gasteiger partial charge in [0.1, 0.15) is 4.83 Å². The second kappa shape index (κ2) is 7.95. The highest BCUT2D eigenvalue weighted by Crippen LogP contribution is 2.36. The highest BCUT2D eigenvalue weighted by atomic mass is 32.2. The molecule has 0 N–H and O–H groups in total. The van der Waals surface area contributed by atoms with Gasteiger partial charge in [0.25, 0.3) is 5.56 Å². The van der Waals surface area contributed by atoms with Crippen molar-refractivity contribution in [3.05, 3.63) is 20.8 Å². The largest absolute Gasteiger partial charge is 0.342 e. The predicted octanol–water partition coefficient (Wildman–Crippen LogP) is 3.71. The molecule has 7 heteroatoms. The lowest BCUT2D eigenvalue weighted by Gasteiger charge is -2.26. The van der Waals surface area contributed by atoms with Crippen LogP contribution >= 0.6 is 23.1 Å². The van der Waals surface area contributed by atoms with Gasteiger partial charge in [0.15, 0.2) is 5.16 Å². The number of likely N-dealkylation sites (tertiary alicyclic amines) is 1. The van der Waals surface area contributed by atoms with Gasteiger partial charge in [0.2, 0.25) is 5.91 Å². The number of piperidine rings is 1. The van der Waals surface area contributed by atoms with Crippen molar-refractivity contribution in [3.8, 4) is 0 Å². The smallest absolute Gasteiger partial charge is 0.263 e. The van der Waals surface area contributed by atoms with Gasteiger partial charge in [-0.15, -0.1) is 11.3 Å². The summed E-state index contributed by atoms with van der Waals surface area (Å²) in [5.74, 6) is 1.20. The van der Waals surface area contributed by atoms with Crippen LogP contribution in [0.1, 0.15) is 50.0 Å². The third kappa shape index (κ3) is 3.68. The highest BCUT2D eigenvalue weighted by Gasteiger charge is 2.25. The Morgan fingerprint density at radius 2 is 2.07 bits per heavy atom. The van der Waals surface area contributed by atoms with E-state index in [1.165, 1.54) is 28.6 Å². The molecule has 1 fully saturated rings. The molecule has 0 saturated carbocycles. The summed E-state index contributed by atoms with van der Waals surface area (Å²) in [6.07, 6.45) is 6.59.